The maximum atomic E-state index is 2.91. The van der Waals surface area contributed by atoms with Crippen LogP contribution in [0.3, 0.4) is 0 Å². The third-order valence-corrected chi connectivity index (χ3v) is 26.3. The van der Waals surface area contributed by atoms with E-state index >= 15 is 0 Å². The number of rotatable bonds is 1. The van der Waals surface area contributed by atoms with Crippen LogP contribution >= 0.6 is 11.3 Å². The van der Waals surface area contributed by atoms with Crippen LogP contribution in [0.25, 0.3) is 31.3 Å². The van der Waals surface area contributed by atoms with E-state index in [0.29, 0.717) is 0 Å². The molecule has 7 aliphatic heterocycles. The van der Waals surface area contributed by atoms with Crippen molar-refractivity contribution in [3.05, 3.63) is 183 Å². The van der Waals surface area contributed by atoms with Gasteiger partial charge >= 0.3 is 0 Å². The van der Waals surface area contributed by atoms with E-state index in [0.717, 1.165) is 12.8 Å². The molecule has 0 amide bonds. The Labute approximate surface area is 503 Å². The Morgan fingerprint density at radius 1 is 0.429 bits per heavy atom. The predicted molar refractivity (Wildman–Crippen MR) is 359 cm³/mol. The molecule has 0 spiro atoms. The highest BCUT2D eigenvalue weighted by atomic mass is 32.1. The van der Waals surface area contributed by atoms with Gasteiger partial charge in [0.05, 0.1) is 16.9 Å². The van der Waals surface area contributed by atoms with Gasteiger partial charge in [-0.1, -0.05) is 164 Å². The van der Waals surface area contributed by atoms with Crippen LogP contribution in [-0.2, 0) is 44.3 Å². The molecular formula is C79H80BN3S. The van der Waals surface area contributed by atoms with Gasteiger partial charge in [-0.3, -0.25) is 0 Å². The van der Waals surface area contributed by atoms with Crippen molar-refractivity contribution in [1.82, 2.24) is 0 Å². The zero-order chi connectivity index (χ0) is 57.7. The Morgan fingerprint density at radius 2 is 1.05 bits per heavy atom. The van der Waals surface area contributed by atoms with Crippen LogP contribution < -0.4 is 31.1 Å². The fourth-order valence-electron chi connectivity index (χ4n) is 19.4. The van der Waals surface area contributed by atoms with E-state index in [1.54, 1.807) is 0 Å². The van der Waals surface area contributed by atoms with Crippen LogP contribution in [0.15, 0.2) is 121 Å². The fourth-order valence-corrected chi connectivity index (χ4v) is 20.5. The molecule has 5 heteroatoms. The number of thiophene rings is 1. The largest absolute Gasteiger partial charge is 0.334 e. The Kier molecular flexibility index (Phi) is 9.37. The fraction of sp³-hybridized carbons (Fsp3) is 0.392. The average Bonchev–Trinajstić information content (AvgIpc) is 1.34. The molecule has 420 valence electrons. The topological polar surface area (TPSA) is 9.72 Å². The number of fused-ring (bicyclic) bond motifs is 8. The molecule has 4 aliphatic carbocycles. The summed E-state index contributed by atoms with van der Waals surface area (Å²) < 4.78 is 2.74. The summed E-state index contributed by atoms with van der Waals surface area (Å²) in [6.45, 7) is 35.4. The lowest BCUT2D eigenvalue weighted by Crippen LogP contribution is -2.62. The third-order valence-electron chi connectivity index (χ3n) is 25.2. The molecule has 2 atom stereocenters. The molecule has 1 aromatic heterocycles. The predicted octanol–water partition coefficient (Wildman–Crippen LogP) is 19.4. The highest BCUT2D eigenvalue weighted by Crippen LogP contribution is 2.64. The van der Waals surface area contributed by atoms with E-state index in [1.165, 1.54) is 199 Å². The van der Waals surface area contributed by atoms with Gasteiger partial charge in [0, 0.05) is 77.0 Å². The van der Waals surface area contributed by atoms with E-state index in [1.807, 2.05) is 11.3 Å². The minimum absolute atomic E-state index is 0.0155. The minimum atomic E-state index is -0.268. The van der Waals surface area contributed by atoms with Crippen LogP contribution in [-0.4, -0.2) is 12.3 Å². The van der Waals surface area contributed by atoms with E-state index in [-0.39, 0.29) is 50.2 Å². The number of nitrogens with zero attached hydrogens (tertiary/aromatic N) is 3. The summed E-state index contributed by atoms with van der Waals surface area (Å²) in [5.41, 5.74) is 33.4. The molecule has 1 fully saturated rings. The van der Waals surface area contributed by atoms with Gasteiger partial charge in [0.1, 0.15) is 0 Å². The molecule has 8 heterocycles. The number of benzene rings is 8. The lowest BCUT2D eigenvalue weighted by atomic mass is 9.33. The molecular weight excluding hydrogens is 1030 g/mol. The monoisotopic (exact) mass is 1110 g/mol. The number of hydrogen-bond donors (Lipinski definition) is 0. The Hall–Kier alpha value is -6.56. The zero-order valence-electron chi connectivity index (χ0n) is 52.2. The van der Waals surface area contributed by atoms with Crippen LogP contribution in [0, 0.1) is 0 Å². The van der Waals surface area contributed by atoms with Gasteiger partial charge in [0.2, 0.25) is 0 Å². The lowest BCUT2D eigenvalue weighted by Gasteiger charge is -2.51. The quantitative estimate of drug-likeness (QED) is 0.152. The molecule has 3 nitrogen and oxygen atoms in total. The van der Waals surface area contributed by atoms with Gasteiger partial charge in [-0.05, 0) is 216 Å². The summed E-state index contributed by atoms with van der Waals surface area (Å²) in [6.07, 6.45) is 10.4. The second kappa shape index (κ2) is 15.5. The molecule has 9 aromatic rings. The molecule has 0 saturated heterocycles. The van der Waals surface area contributed by atoms with Crippen LogP contribution in [0.4, 0.5) is 45.5 Å². The van der Waals surface area contributed by atoms with Crippen molar-refractivity contribution in [1.29, 1.82) is 0 Å². The summed E-state index contributed by atoms with van der Waals surface area (Å²) in [7, 11) is 0. The Balaban J connectivity index is 1.06. The first-order valence-corrected chi connectivity index (χ1v) is 33.0. The first-order chi connectivity index (χ1) is 39.8. The average molecular weight is 1110 g/mol. The highest BCUT2D eigenvalue weighted by Gasteiger charge is 2.59. The Morgan fingerprint density at radius 3 is 1.81 bits per heavy atom. The van der Waals surface area contributed by atoms with E-state index in [9.17, 15) is 0 Å². The molecule has 1 saturated carbocycles. The van der Waals surface area contributed by atoms with Crippen molar-refractivity contribution < 1.29 is 0 Å². The first kappa shape index (κ1) is 50.7. The number of hydrogen-bond acceptors (Lipinski definition) is 4. The van der Waals surface area contributed by atoms with Gasteiger partial charge in [0.25, 0.3) is 6.71 Å². The first-order valence-electron chi connectivity index (χ1n) is 32.2. The van der Waals surface area contributed by atoms with E-state index in [2.05, 4.69) is 233 Å². The SMILES string of the molecule is CC1(C)CCC(C)(C)c2cc(N3c4cc5c(cc4B4c6ccc7sc8ccc9cc8c7c6N6c7ccc(c8c7Cc7cc(ccc7-8)C(C)(C)c7ccc8c(c7)C7(C)CCCCC7(C)N8c7cc3c4c6c7)C9(C)C)C(C)(C)CCC5(C)C)ccc21. The summed E-state index contributed by atoms with van der Waals surface area (Å²) in [5, 5.41) is 2.79. The normalized spacial score (nSPS) is 24.2. The second-order valence-electron chi connectivity index (χ2n) is 32.1. The molecule has 20 rings (SSSR count). The van der Waals surface area contributed by atoms with Crippen molar-refractivity contribution in [2.75, 3.05) is 14.7 Å². The maximum absolute atomic E-state index is 2.91. The van der Waals surface area contributed by atoms with Crippen LogP contribution in [0.2, 0.25) is 0 Å². The van der Waals surface area contributed by atoms with E-state index in [4.69, 9.17) is 0 Å². The molecule has 84 heavy (non-hydrogen) atoms. The van der Waals surface area contributed by atoms with Crippen molar-refractivity contribution in [2.45, 2.75) is 198 Å². The molecule has 2 unspecified atom stereocenters. The van der Waals surface area contributed by atoms with Gasteiger partial charge in [-0.2, -0.15) is 0 Å². The second-order valence-corrected chi connectivity index (χ2v) is 33.2. The van der Waals surface area contributed by atoms with Gasteiger partial charge in [0.15, 0.2) is 0 Å². The van der Waals surface area contributed by atoms with Crippen LogP contribution in [0.5, 0.6) is 0 Å². The number of anilines is 8. The molecule has 8 aromatic carbocycles. The Bertz CT molecular complexity index is 4560. The van der Waals surface area contributed by atoms with Gasteiger partial charge in [-0.15, -0.1) is 11.3 Å². The van der Waals surface area contributed by atoms with Gasteiger partial charge < -0.3 is 14.7 Å². The van der Waals surface area contributed by atoms with Crippen molar-refractivity contribution in [3.63, 3.8) is 0 Å². The standard InChI is InChI=1S/C79H80BN3S/c1-72(2)31-32-73(3,4)55-39-48(20-22-53(55)72)81-63-43-57-56(74(5,6)33-34-75(57,7)8)42-60(63)80-59-24-28-67-69-52-37-46(19-27-66(52)84-67)77(11,12)54-23-26-61-51-36-44-35-45(17-21-50(44)68(51)54)76(9,10)47-18-25-62-58(38-47)78(13)29-15-16-30-79(78,14)83(62)49-40-64(81)70(80)65(41-49)82(61)71(59)69/h17-28,35,37-43H,15-16,29-34,36H2,1-14H3. The van der Waals surface area contributed by atoms with Gasteiger partial charge in [-0.25, -0.2) is 0 Å². The smallest absolute Gasteiger partial charge is 0.252 e. The third kappa shape index (κ3) is 6.02. The molecule has 0 N–H and O–H groups in total. The van der Waals surface area contributed by atoms with Crippen molar-refractivity contribution >= 4 is 100 Å². The summed E-state index contributed by atoms with van der Waals surface area (Å²) >= 11 is 1.99. The summed E-state index contributed by atoms with van der Waals surface area (Å²) in [6, 6.07) is 52.0. The molecule has 11 aliphatic rings. The van der Waals surface area contributed by atoms with Crippen molar-refractivity contribution in [2.24, 2.45) is 0 Å². The molecule has 14 bridgehead atoms. The molecule has 0 radical (unpaired) electrons. The summed E-state index contributed by atoms with van der Waals surface area (Å²) in [5.74, 6) is 0. The van der Waals surface area contributed by atoms with E-state index < -0.39 is 0 Å². The highest BCUT2D eigenvalue weighted by molar-refractivity contribution is 7.26. The van der Waals surface area contributed by atoms with Crippen molar-refractivity contribution in [3.8, 4) is 11.1 Å². The summed E-state index contributed by atoms with van der Waals surface area (Å²) in [4.78, 5) is 8.62. The van der Waals surface area contributed by atoms with Crippen LogP contribution in [0.1, 0.15) is 209 Å². The maximum Gasteiger partial charge on any atom is 0.252 e. The lowest BCUT2D eigenvalue weighted by molar-refractivity contribution is 0.195. The minimum Gasteiger partial charge on any atom is -0.334 e. The zero-order valence-corrected chi connectivity index (χ0v) is 53.1.